The van der Waals surface area contributed by atoms with E-state index >= 15 is 0 Å². The number of nitrogen functional groups attached to an aromatic ring is 1. The lowest BCUT2D eigenvalue weighted by atomic mass is 10.2. The molecule has 5 N–H and O–H groups in total. The lowest BCUT2D eigenvalue weighted by Gasteiger charge is -2.02. The van der Waals surface area contributed by atoms with Crippen molar-refractivity contribution in [2.45, 2.75) is 0 Å². The molecular formula is C10H9N7. The lowest BCUT2D eigenvalue weighted by molar-refractivity contribution is 0.971. The molecule has 7 heteroatoms. The average Bonchev–Trinajstić information content (AvgIpc) is 2.71. The predicted molar refractivity (Wildman–Crippen MR) is 63.1 cm³/mol. The van der Waals surface area contributed by atoms with Crippen molar-refractivity contribution in [3.05, 3.63) is 24.3 Å². The van der Waals surface area contributed by atoms with Gasteiger partial charge >= 0.3 is 0 Å². The van der Waals surface area contributed by atoms with E-state index in [-0.39, 0.29) is 5.95 Å². The van der Waals surface area contributed by atoms with Gasteiger partial charge in [0.05, 0.1) is 5.69 Å². The Hall–Kier alpha value is -2.54. The summed E-state index contributed by atoms with van der Waals surface area (Å²) in [5.41, 5.74) is 11.5. The Bertz CT molecular complexity index is 672. The molecule has 17 heavy (non-hydrogen) atoms. The average molecular weight is 227 g/mol. The molecule has 0 aromatic heterocycles. The number of hydrazine groups is 1. The Kier molecular flexibility index (Phi) is 1.99. The van der Waals surface area contributed by atoms with Gasteiger partial charge in [-0.05, 0) is 0 Å². The number of rotatable bonds is 2. The van der Waals surface area contributed by atoms with E-state index in [9.17, 15) is 0 Å². The molecule has 1 heterocycles. The second kappa shape index (κ2) is 3.49. The van der Waals surface area contributed by atoms with Gasteiger partial charge < -0.3 is 0 Å². The van der Waals surface area contributed by atoms with E-state index in [1.165, 1.54) is 0 Å². The molecule has 1 aliphatic heterocycles. The topological polar surface area (TPSA) is 116 Å². The van der Waals surface area contributed by atoms with Crippen molar-refractivity contribution >= 4 is 22.4 Å². The third-order valence-corrected chi connectivity index (χ3v) is 2.64. The maximum Gasteiger partial charge on any atom is 0.255 e. The number of H-pyrrole nitrogens is 1. The lowest BCUT2D eigenvalue weighted by Crippen LogP contribution is -2.11. The van der Waals surface area contributed by atoms with Crippen LogP contribution in [0.5, 0.6) is 0 Å². The molecule has 7 nitrogen and oxygen atoms in total. The Morgan fingerprint density at radius 1 is 1.29 bits per heavy atom. The summed E-state index contributed by atoms with van der Waals surface area (Å²) in [6.45, 7) is 0. The molecule has 84 valence electrons. The fourth-order valence-electron chi connectivity index (χ4n) is 1.92. The van der Waals surface area contributed by atoms with E-state index in [0.717, 1.165) is 16.5 Å². The zero-order chi connectivity index (χ0) is 11.8. The molecule has 3 rings (SSSR count). The van der Waals surface area contributed by atoms with Crippen LogP contribution in [0.15, 0.2) is 29.4 Å². The minimum atomic E-state index is 0.262. The largest absolute Gasteiger partial charge is 0.291 e. The quantitative estimate of drug-likeness (QED) is 0.304. The monoisotopic (exact) mass is 227 g/mol. The molecule has 0 amide bonds. The summed E-state index contributed by atoms with van der Waals surface area (Å²) in [7, 11) is 0. The van der Waals surface area contributed by atoms with Crippen LogP contribution in [-0.4, -0.2) is 15.2 Å². The van der Waals surface area contributed by atoms with Gasteiger partial charge in [-0.2, -0.15) is 5.11 Å². The fourth-order valence-corrected chi connectivity index (χ4v) is 1.92. The van der Waals surface area contributed by atoms with Crippen LogP contribution in [0.1, 0.15) is 0 Å². The molecule has 0 spiro atoms. The Labute approximate surface area is 95.9 Å². The van der Waals surface area contributed by atoms with E-state index in [2.05, 4.69) is 25.7 Å². The number of benzene rings is 1. The molecule has 1 aromatic rings. The first-order valence-electron chi connectivity index (χ1n) is 4.96. The van der Waals surface area contributed by atoms with E-state index in [0.29, 0.717) is 11.4 Å². The molecule has 0 saturated heterocycles. The molecular weight excluding hydrogens is 218 g/mol. The number of hydrogen-bond acceptors (Lipinski definition) is 6. The number of anilines is 1. The first-order valence-corrected chi connectivity index (χ1v) is 4.96. The van der Waals surface area contributed by atoms with Crippen molar-refractivity contribution in [3.8, 4) is 11.4 Å². The third kappa shape index (κ3) is 1.26. The Morgan fingerprint density at radius 2 is 2.06 bits per heavy atom. The van der Waals surface area contributed by atoms with Gasteiger partial charge in [-0.15, -0.1) is 5.10 Å². The van der Waals surface area contributed by atoms with Crippen molar-refractivity contribution in [1.29, 1.82) is 5.53 Å². The van der Waals surface area contributed by atoms with Gasteiger partial charge in [-0.25, -0.2) is 16.4 Å². The van der Waals surface area contributed by atoms with Crippen LogP contribution < -0.4 is 11.3 Å². The molecule has 0 atom stereocenters. The zero-order valence-electron chi connectivity index (χ0n) is 8.73. The van der Waals surface area contributed by atoms with Gasteiger partial charge in [-0.3, -0.25) is 10.5 Å². The summed E-state index contributed by atoms with van der Waals surface area (Å²) < 4.78 is 0. The van der Waals surface area contributed by atoms with Crippen LogP contribution in [-0.2, 0) is 0 Å². The van der Waals surface area contributed by atoms with Gasteiger partial charge in [0.1, 0.15) is 11.4 Å². The number of aromatic amines is 1. The normalized spacial score (nSPS) is 10.9. The number of fused-ring (bicyclic) bond motifs is 3. The summed E-state index contributed by atoms with van der Waals surface area (Å²) in [6, 6.07) is 7.64. The fraction of sp³-hybridized carbons (Fsp3) is 0. The molecule has 0 saturated carbocycles. The predicted octanol–water partition coefficient (Wildman–Crippen LogP) is 2.01. The molecule has 1 aromatic carbocycles. The number of aromatic nitrogens is 3. The Balaban J connectivity index is 2.48. The van der Waals surface area contributed by atoms with E-state index in [1.54, 1.807) is 0 Å². The molecule has 0 bridgehead atoms. The summed E-state index contributed by atoms with van der Waals surface area (Å²) in [4.78, 5) is 4.21. The van der Waals surface area contributed by atoms with Gasteiger partial charge in [-0.1, -0.05) is 24.3 Å². The molecule has 2 aliphatic rings. The SMILES string of the molecule is N=Nc1c2nc(NN)n[nH]c-2c2ccccc12. The molecule has 0 radical (unpaired) electrons. The van der Waals surface area contributed by atoms with E-state index < -0.39 is 0 Å². The summed E-state index contributed by atoms with van der Waals surface area (Å²) >= 11 is 0. The van der Waals surface area contributed by atoms with Crippen LogP contribution in [0.2, 0.25) is 0 Å². The van der Waals surface area contributed by atoms with Crippen LogP contribution in [0.4, 0.5) is 11.6 Å². The molecule has 1 aliphatic carbocycles. The van der Waals surface area contributed by atoms with Crippen LogP contribution in [0.3, 0.4) is 0 Å². The number of nitrogens with two attached hydrogens (primary N) is 1. The van der Waals surface area contributed by atoms with Crippen molar-refractivity contribution in [2.24, 2.45) is 11.0 Å². The summed E-state index contributed by atoms with van der Waals surface area (Å²) in [5, 5.41) is 12.2. The number of hydrogen-bond donors (Lipinski definition) is 4. The van der Waals surface area contributed by atoms with Crippen molar-refractivity contribution in [3.63, 3.8) is 0 Å². The zero-order valence-corrected chi connectivity index (χ0v) is 8.73. The highest BCUT2D eigenvalue weighted by molar-refractivity contribution is 6.09. The highest BCUT2D eigenvalue weighted by Gasteiger charge is 2.20. The molecule has 0 fully saturated rings. The second-order valence-corrected chi connectivity index (χ2v) is 3.53. The van der Waals surface area contributed by atoms with Crippen LogP contribution >= 0.6 is 0 Å². The maximum atomic E-state index is 7.25. The summed E-state index contributed by atoms with van der Waals surface area (Å²) in [6.07, 6.45) is 0. The number of nitrogens with one attached hydrogen (secondary N) is 3. The van der Waals surface area contributed by atoms with Gasteiger partial charge in [0.2, 0.25) is 0 Å². The molecule has 0 unspecified atom stereocenters. The van der Waals surface area contributed by atoms with E-state index in [1.807, 2.05) is 24.3 Å². The van der Waals surface area contributed by atoms with Gasteiger partial charge in [0.15, 0.2) is 0 Å². The number of nitrogens with zero attached hydrogens (tertiary/aromatic N) is 3. The van der Waals surface area contributed by atoms with Crippen molar-refractivity contribution < 1.29 is 0 Å². The standard InChI is InChI=1S/C10H9N7/c11-14-7-5-3-1-2-4-6(5)8-9(7)13-10(15-12)17-16-8/h1-4,11,16H,12H2,(H,15,17). The third-order valence-electron chi connectivity index (χ3n) is 2.64. The maximum absolute atomic E-state index is 7.25. The van der Waals surface area contributed by atoms with Crippen molar-refractivity contribution in [1.82, 2.24) is 15.2 Å². The first-order chi connectivity index (χ1) is 8.35. The summed E-state index contributed by atoms with van der Waals surface area (Å²) in [5.74, 6) is 5.52. The highest BCUT2D eigenvalue weighted by atomic mass is 15.4. The van der Waals surface area contributed by atoms with Crippen LogP contribution in [0.25, 0.3) is 22.2 Å². The minimum absolute atomic E-state index is 0.262. The highest BCUT2D eigenvalue weighted by Crippen LogP contribution is 2.41. The van der Waals surface area contributed by atoms with Crippen LogP contribution in [0, 0.1) is 5.53 Å². The smallest absolute Gasteiger partial charge is 0.255 e. The minimum Gasteiger partial charge on any atom is -0.291 e. The Morgan fingerprint density at radius 3 is 2.76 bits per heavy atom. The second-order valence-electron chi connectivity index (χ2n) is 3.53. The first kappa shape index (κ1) is 9.67. The van der Waals surface area contributed by atoms with Gasteiger partial charge in [0.25, 0.3) is 5.95 Å². The van der Waals surface area contributed by atoms with Gasteiger partial charge in [0, 0.05) is 10.8 Å². The van der Waals surface area contributed by atoms with E-state index in [4.69, 9.17) is 11.4 Å². The van der Waals surface area contributed by atoms with Crippen molar-refractivity contribution in [2.75, 3.05) is 5.43 Å².